The maximum absolute atomic E-state index is 10.7. The Kier molecular flexibility index (Phi) is 3.42. The van der Waals surface area contributed by atoms with Crippen LogP contribution in [-0.4, -0.2) is 9.97 Å². The van der Waals surface area contributed by atoms with Crippen molar-refractivity contribution in [1.82, 2.24) is 9.97 Å². The minimum absolute atomic E-state index is 0.00730. The summed E-state index contributed by atoms with van der Waals surface area (Å²) < 4.78 is 0. The van der Waals surface area contributed by atoms with Crippen molar-refractivity contribution in [2.45, 2.75) is 16.8 Å². The van der Waals surface area contributed by atoms with Gasteiger partial charge in [0.25, 0.3) is 0 Å². The van der Waals surface area contributed by atoms with Crippen LogP contribution in [0.3, 0.4) is 0 Å². The average Bonchev–Trinajstić information content (AvgIpc) is 2.32. The van der Waals surface area contributed by atoms with Crippen molar-refractivity contribution in [3.05, 3.63) is 34.7 Å². The number of aromatic nitrogens is 2. The number of nitrogen functional groups attached to an aromatic ring is 2. The molecule has 4 N–H and O–H groups in total. The Balaban J connectivity index is 2.39. The summed E-state index contributed by atoms with van der Waals surface area (Å²) >= 11 is 1.27. The number of benzene rings is 1. The van der Waals surface area contributed by atoms with E-state index in [1.165, 1.54) is 11.8 Å². The molecule has 0 aliphatic carbocycles. The van der Waals surface area contributed by atoms with E-state index in [0.717, 1.165) is 10.5 Å². The molecule has 1 aromatic heterocycles. The fourth-order valence-corrected chi connectivity index (χ4v) is 2.22. The van der Waals surface area contributed by atoms with Gasteiger partial charge in [-0.05, 0) is 24.2 Å². The molecule has 0 aliphatic rings. The van der Waals surface area contributed by atoms with Crippen molar-refractivity contribution in [2.75, 3.05) is 11.5 Å². The molecule has 0 spiro atoms. The number of nitrogens with two attached hydrogens (primary N) is 2. The molecule has 0 amide bonds. The topological polar surface area (TPSA) is 107 Å². The van der Waals surface area contributed by atoms with Gasteiger partial charge < -0.3 is 11.5 Å². The van der Waals surface area contributed by atoms with Crippen LogP contribution in [0.25, 0.3) is 0 Å². The van der Waals surface area contributed by atoms with Crippen molar-refractivity contribution in [3.63, 3.8) is 0 Å². The molecule has 6 nitrogen and oxygen atoms in total. The zero-order valence-electron chi connectivity index (χ0n) is 9.62. The van der Waals surface area contributed by atoms with Gasteiger partial charge in [-0.25, -0.2) is 4.98 Å². The maximum atomic E-state index is 10.7. The fourth-order valence-electron chi connectivity index (χ4n) is 1.34. The van der Waals surface area contributed by atoms with Crippen LogP contribution in [0.4, 0.5) is 17.5 Å². The number of aryl methyl sites for hydroxylation is 1. The van der Waals surface area contributed by atoms with E-state index in [1.807, 2.05) is 31.2 Å². The van der Waals surface area contributed by atoms with Gasteiger partial charge in [0, 0.05) is 4.90 Å². The Hall–Kier alpha value is -2.15. The van der Waals surface area contributed by atoms with Crippen LogP contribution < -0.4 is 11.5 Å². The molecule has 0 unspecified atom stereocenters. The summed E-state index contributed by atoms with van der Waals surface area (Å²) in [7, 11) is 0. The molecule has 0 saturated carbocycles. The lowest BCUT2D eigenvalue weighted by Gasteiger charge is -2.05. The molecule has 2 rings (SSSR count). The SMILES string of the molecule is Cc1ccc(Sc2nc(N)nc(N)c2N=O)cc1. The fraction of sp³-hybridized carbons (Fsp3) is 0.0909. The van der Waals surface area contributed by atoms with Gasteiger partial charge in [-0.15, -0.1) is 4.91 Å². The van der Waals surface area contributed by atoms with Gasteiger partial charge in [0.2, 0.25) is 5.95 Å². The molecule has 1 heterocycles. The van der Waals surface area contributed by atoms with E-state index >= 15 is 0 Å². The molecule has 0 radical (unpaired) electrons. The summed E-state index contributed by atoms with van der Waals surface area (Å²) in [5.74, 6) is 0.0154. The predicted octanol–water partition coefficient (Wildman–Crippen LogP) is 2.50. The second-order valence-corrected chi connectivity index (χ2v) is 4.69. The molecule has 92 valence electrons. The Morgan fingerprint density at radius 2 is 1.83 bits per heavy atom. The van der Waals surface area contributed by atoms with Gasteiger partial charge in [0.15, 0.2) is 11.5 Å². The molecule has 0 atom stereocenters. The van der Waals surface area contributed by atoms with Crippen LogP contribution in [0.2, 0.25) is 0 Å². The quantitative estimate of drug-likeness (QED) is 0.649. The lowest BCUT2D eigenvalue weighted by molar-refractivity contribution is 1.06. The Morgan fingerprint density at radius 1 is 1.17 bits per heavy atom. The van der Waals surface area contributed by atoms with Gasteiger partial charge >= 0.3 is 0 Å². The molecule has 0 fully saturated rings. The highest BCUT2D eigenvalue weighted by Crippen LogP contribution is 2.36. The number of hydrogen-bond donors (Lipinski definition) is 2. The second kappa shape index (κ2) is 5.01. The van der Waals surface area contributed by atoms with Crippen molar-refractivity contribution in [2.24, 2.45) is 5.18 Å². The summed E-state index contributed by atoms with van der Waals surface area (Å²) in [6.07, 6.45) is 0. The van der Waals surface area contributed by atoms with E-state index in [9.17, 15) is 4.91 Å². The van der Waals surface area contributed by atoms with Crippen LogP contribution in [0.5, 0.6) is 0 Å². The average molecular weight is 261 g/mol. The lowest BCUT2D eigenvalue weighted by Crippen LogP contribution is -2.01. The smallest absolute Gasteiger partial charge is 0.223 e. The van der Waals surface area contributed by atoms with Crippen LogP contribution in [0.1, 0.15) is 5.56 Å². The van der Waals surface area contributed by atoms with Crippen molar-refractivity contribution in [3.8, 4) is 0 Å². The summed E-state index contributed by atoms with van der Waals surface area (Å²) in [5.41, 5.74) is 12.2. The number of anilines is 2. The molecular weight excluding hydrogens is 250 g/mol. The van der Waals surface area contributed by atoms with Gasteiger partial charge in [0.1, 0.15) is 5.03 Å². The normalized spacial score (nSPS) is 10.3. The van der Waals surface area contributed by atoms with Crippen LogP contribution in [0.15, 0.2) is 39.4 Å². The van der Waals surface area contributed by atoms with Crippen molar-refractivity contribution < 1.29 is 0 Å². The predicted molar refractivity (Wildman–Crippen MR) is 71.6 cm³/mol. The molecule has 18 heavy (non-hydrogen) atoms. The minimum Gasteiger partial charge on any atom is -0.382 e. The van der Waals surface area contributed by atoms with Crippen LogP contribution >= 0.6 is 11.8 Å². The van der Waals surface area contributed by atoms with Crippen molar-refractivity contribution in [1.29, 1.82) is 0 Å². The van der Waals surface area contributed by atoms with Gasteiger partial charge in [-0.2, -0.15) is 4.98 Å². The first-order valence-corrected chi connectivity index (χ1v) is 5.92. The zero-order chi connectivity index (χ0) is 13.1. The molecule has 0 aliphatic heterocycles. The summed E-state index contributed by atoms with van der Waals surface area (Å²) in [6.45, 7) is 1.99. The molecule has 0 bridgehead atoms. The summed E-state index contributed by atoms with van der Waals surface area (Å²) in [6, 6.07) is 7.76. The monoisotopic (exact) mass is 261 g/mol. The zero-order valence-corrected chi connectivity index (χ0v) is 10.4. The first kappa shape index (κ1) is 12.3. The highest BCUT2D eigenvalue weighted by Gasteiger charge is 2.13. The van der Waals surface area contributed by atoms with Gasteiger partial charge in [0.05, 0.1) is 0 Å². The van der Waals surface area contributed by atoms with E-state index in [0.29, 0.717) is 5.03 Å². The van der Waals surface area contributed by atoms with E-state index < -0.39 is 0 Å². The van der Waals surface area contributed by atoms with Gasteiger partial charge in [-0.1, -0.05) is 29.5 Å². The third-order valence-corrected chi connectivity index (χ3v) is 3.21. The lowest BCUT2D eigenvalue weighted by atomic mass is 10.2. The highest BCUT2D eigenvalue weighted by atomic mass is 32.2. The Labute approximate surface area is 108 Å². The molecule has 7 heteroatoms. The maximum Gasteiger partial charge on any atom is 0.223 e. The standard InChI is InChI=1S/C11H11N5OS/c1-6-2-4-7(5-3-6)18-10-8(16-17)9(12)14-11(13)15-10/h2-5H,1H3,(H4,12,13,14,15). The molecule has 0 saturated heterocycles. The number of rotatable bonds is 3. The third kappa shape index (κ3) is 2.57. The van der Waals surface area contributed by atoms with E-state index in [-0.39, 0.29) is 17.5 Å². The highest BCUT2D eigenvalue weighted by molar-refractivity contribution is 7.99. The molecule has 1 aromatic carbocycles. The number of hydrogen-bond acceptors (Lipinski definition) is 7. The molecular formula is C11H11N5OS. The second-order valence-electron chi connectivity index (χ2n) is 3.63. The van der Waals surface area contributed by atoms with E-state index in [4.69, 9.17) is 11.5 Å². The van der Waals surface area contributed by atoms with E-state index in [1.54, 1.807) is 0 Å². The number of nitrogens with zero attached hydrogens (tertiary/aromatic N) is 3. The number of nitroso groups, excluding NO2 is 1. The first-order valence-electron chi connectivity index (χ1n) is 5.11. The Morgan fingerprint density at radius 3 is 2.44 bits per heavy atom. The summed E-state index contributed by atoms with van der Waals surface area (Å²) in [4.78, 5) is 19.3. The van der Waals surface area contributed by atoms with Crippen molar-refractivity contribution >= 4 is 29.2 Å². The van der Waals surface area contributed by atoms with Gasteiger partial charge in [-0.3, -0.25) is 0 Å². The molecule has 2 aromatic rings. The van der Waals surface area contributed by atoms with Crippen LogP contribution in [0, 0.1) is 11.8 Å². The van der Waals surface area contributed by atoms with E-state index in [2.05, 4.69) is 15.1 Å². The first-order chi connectivity index (χ1) is 8.60. The minimum atomic E-state index is -0.00730. The van der Waals surface area contributed by atoms with Crippen LogP contribution in [-0.2, 0) is 0 Å². The summed E-state index contributed by atoms with van der Waals surface area (Å²) in [5, 5.41) is 3.21. The Bertz CT molecular complexity index is 585. The third-order valence-electron chi connectivity index (χ3n) is 2.22. The largest absolute Gasteiger partial charge is 0.382 e.